The van der Waals surface area contributed by atoms with Crippen LogP contribution in [0.4, 0.5) is 0 Å². The Labute approximate surface area is 210 Å². The van der Waals surface area contributed by atoms with E-state index < -0.39 is 18.0 Å². The summed E-state index contributed by atoms with van der Waals surface area (Å²) in [5, 5.41) is 9.94. The minimum absolute atomic E-state index is 0.148. The van der Waals surface area contributed by atoms with Crippen LogP contribution in [-0.4, -0.2) is 36.4 Å². The van der Waals surface area contributed by atoms with Crippen molar-refractivity contribution in [1.29, 1.82) is 0 Å². The molecule has 0 atom stereocenters. The van der Waals surface area contributed by atoms with Gasteiger partial charge >= 0.3 is 11.9 Å². The van der Waals surface area contributed by atoms with Crippen LogP contribution in [0.2, 0.25) is 0 Å². The maximum atomic E-state index is 11.8. The molecule has 5 nitrogen and oxygen atoms in total. The molecule has 0 aliphatic carbocycles. The standard InChI is InChI=1S/C29H56O5/c1-3-5-7-9-11-13-15-17-19-21-23-33-28(31)25-27(30)26-29(32)34-24-22-20-18-16-14-12-10-8-6-4-2/h27,30H,3-26H2,1-2H3. The van der Waals surface area contributed by atoms with Crippen molar-refractivity contribution in [2.75, 3.05) is 13.2 Å². The summed E-state index contributed by atoms with van der Waals surface area (Å²) in [6, 6.07) is 0. The Balaban J connectivity index is 3.45. The molecule has 0 radical (unpaired) electrons. The van der Waals surface area contributed by atoms with Gasteiger partial charge in [-0.05, 0) is 12.8 Å². The molecular formula is C29H56O5. The van der Waals surface area contributed by atoms with Gasteiger partial charge in [0.15, 0.2) is 0 Å². The molecule has 0 aromatic heterocycles. The van der Waals surface area contributed by atoms with Crippen LogP contribution < -0.4 is 0 Å². The lowest BCUT2D eigenvalue weighted by Crippen LogP contribution is -2.21. The fourth-order valence-electron chi connectivity index (χ4n) is 4.13. The number of ether oxygens (including phenoxy) is 2. The van der Waals surface area contributed by atoms with Gasteiger partial charge in [0.05, 0.1) is 32.2 Å². The van der Waals surface area contributed by atoms with Gasteiger partial charge in [0, 0.05) is 0 Å². The van der Waals surface area contributed by atoms with E-state index in [2.05, 4.69) is 13.8 Å². The maximum Gasteiger partial charge on any atom is 0.308 e. The highest BCUT2D eigenvalue weighted by Gasteiger charge is 2.16. The van der Waals surface area contributed by atoms with Crippen molar-refractivity contribution >= 4 is 11.9 Å². The number of hydrogen-bond acceptors (Lipinski definition) is 5. The molecule has 0 saturated heterocycles. The fourth-order valence-corrected chi connectivity index (χ4v) is 4.13. The molecule has 0 heterocycles. The van der Waals surface area contributed by atoms with Gasteiger partial charge in [-0.2, -0.15) is 0 Å². The first-order valence-electron chi connectivity index (χ1n) is 14.6. The van der Waals surface area contributed by atoms with Crippen LogP contribution in [0, 0.1) is 0 Å². The number of carbonyl (C=O) groups is 2. The van der Waals surface area contributed by atoms with Crippen molar-refractivity contribution in [3.8, 4) is 0 Å². The largest absolute Gasteiger partial charge is 0.466 e. The summed E-state index contributed by atoms with van der Waals surface area (Å²) in [4.78, 5) is 23.6. The van der Waals surface area contributed by atoms with Gasteiger partial charge in [0.1, 0.15) is 0 Å². The van der Waals surface area contributed by atoms with Crippen LogP contribution in [0.3, 0.4) is 0 Å². The van der Waals surface area contributed by atoms with E-state index in [1.165, 1.54) is 103 Å². The highest BCUT2D eigenvalue weighted by molar-refractivity contribution is 5.73. The van der Waals surface area contributed by atoms with Gasteiger partial charge in [-0.3, -0.25) is 9.59 Å². The lowest BCUT2D eigenvalue weighted by Gasteiger charge is -2.10. The molecule has 0 aliphatic heterocycles. The summed E-state index contributed by atoms with van der Waals surface area (Å²) in [5.74, 6) is -0.878. The van der Waals surface area contributed by atoms with Crippen molar-refractivity contribution in [1.82, 2.24) is 0 Å². The number of aliphatic hydroxyl groups excluding tert-OH is 1. The molecule has 0 bridgehead atoms. The number of unbranched alkanes of at least 4 members (excludes halogenated alkanes) is 18. The summed E-state index contributed by atoms with van der Waals surface area (Å²) in [6.45, 7) is 5.26. The Morgan fingerprint density at radius 1 is 0.500 bits per heavy atom. The minimum Gasteiger partial charge on any atom is -0.466 e. The molecular weight excluding hydrogens is 428 g/mol. The number of aliphatic hydroxyl groups is 1. The molecule has 0 aromatic rings. The van der Waals surface area contributed by atoms with E-state index in [4.69, 9.17) is 9.47 Å². The number of esters is 2. The summed E-state index contributed by atoms with van der Waals surface area (Å²) in [6.07, 6.45) is 23.3. The Hall–Kier alpha value is -1.10. The zero-order valence-electron chi connectivity index (χ0n) is 22.6. The number of hydrogen-bond donors (Lipinski definition) is 1. The quantitative estimate of drug-likeness (QED) is 0.0992. The van der Waals surface area contributed by atoms with E-state index in [9.17, 15) is 14.7 Å². The van der Waals surface area contributed by atoms with Crippen LogP contribution in [0.5, 0.6) is 0 Å². The Kier molecular flexibility index (Phi) is 25.6. The average Bonchev–Trinajstić information content (AvgIpc) is 2.80. The Morgan fingerprint density at radius 3 is 1.06 bits per heavy atom. The summed E-state index contributed by atoms with van der Waals surface area (Å²) < 4.78 is 10.4. The first-order chi connectivity index (χ1) is 16.6. The second-order valence-electron chi connectivity index (χ2n) is 9.87. The van der Waals surface area contributed by atoms with Gasteiger partial charge in [0.25, 0.3) is 0 Å². The first kappa shape index (κ1) is 32.9. The third-order valence-corrected chi connectivity index (χ3v) is 6.33. The molecule has 0 aromatic carbocycles. The van der Waals surface area contributed by atoms with Gasteiger partial charge in [-0.1, -0.05) is 129 Å². The predicted octanol–water partition coefficient (Wildman–Crippen LogP) is 8.06. The molecule has 5 heteroatoms. The molecule has 0 aliphatic rings. The summed E-state index contributed by atoms with van der Waals surface area (Å²) >= 11 is 0. The lowest BCUT2D eigenvalue weighted by molar-refractivity contribution is -0.149. The van der Waals surface area contributed by atoms with Crippen molar-refractivity contribution in [2.45, 2.75) is 161 Å². The van der Waals surface area contributed by atoms with Crippen molar-refractivity contribution in [2.24, 2.45) is 0 Å². The number of carbonyl (C=O) groups excluding carboxylic acids is 2. The van der Waals surface area contributed by atoms with E-state index in [0.717, 1.165) is 25.7 Å². The minimum atomic E-state index is -1.03. The third-order valence-electron chi connectivity index (χ3n) is 6.33. The van der Waals surface area contributed by atoms with Crippen LogP contribution in [-0.2, 0) is 19.1 Å². The van der Waals surface area contributed by atoms with Gasteiger partial charge in [0.2, 0.25) is 0 Å². The molecule has 0 spiro atoms. The highest BCUT2D eigenvalue weighted by Crippen LogP contribution is 2.12. The molecule has 0 unspecified atom stereocenters. The zero-order chi connectivity index (χ0) is 25.1. The van der Waals surface area contributed by atoms with E-state index in [1.54, 1.807) is 0 Å². The van der Waals surface area contributed by atoms with Crippen molar-refractivity contribution < 1.29 is 24.2 Å². The average molecular weight is 485 g/mol. The Morgan fingerprint density at radius 2 is 0.765 bits per heavy atom. The van der Waals surface area contributed by atoms with Crippen molar-refractivity contribution in [3.63, 3.8) is 0 Å². The molecule has 0 saturated carbocycles. The SMILES string of the molecule is CCCCCCCCCCCCOC(=O)CC(O)CC(=O)OCCCCCCCCCCCC. The van der Waals surface area contributed by atoms with Gasteiger partial charge in [-0.15, -0.1) is 0 Å². The van der Waals surface area contributed by atoms with E-state index in [0.29, 0.717) is 13.2 Å². The van der Waals surface area contributed by atoms with Crippen molar-refractivity contribution in [3.05, 3.63) is 0 Å². The molecule has 0 fully saturated rings. The normalized spacial score (nSPS) is 11.2. The Bertz CT molecular complexity index is 412. The zero-order valence-corrected chi connectivity index (χ0v) is 22.6. The highest BCUT2D eigenvalue weighted by atomic mass is 16.5. The van der Waals surface area contributed by atoms with Gasteiger partial charge in [-0.25, -0.2) is 0 Å². The van der Waals surface area contributed by atoms with Crippen LogP contribution >= 0.6 is 0 Å². The molecule has 0 rings (SSSR count). The summed E-state index contributed by atoms with van der Waals surface area (Å²) in [5.41, 5.74) is 0. The second-order valence-corrected chi connectivity index (χ2v) is 9.87. The molecule has 202 valence electrons. The maximum absolute atomic E-state index is 11.8. The van der Waals surface area contributed by atoms with E-state index >= 15 is 0 Å². The molecule has 0 amide bonds. The molecule has 1 N–H and O–H groups in total. The molecule has 34 heavy (non-hydrogen) atoms. The topological polar surface area (TPSA) is 72.8 Å². The third kappa shape index (κ3) is 25.5. The second kappa shape index (κ2) is 26.5. The lowest BCUT2D eigenvalue weighted by atomic mass is 10.1. The van der Waals surface area contributed by atoms with E-state index in [-0.39, 0.29) is 12.8 Å². The van der Waals surface area contributed by atoms with Crippen LogP contribution in [0.25, 0.3) is 0 Å². The first-order valence-corrected chi connectivity index (χ1v) is 14.6. The predicted molar refractivity (Wildman–Crippen MR) is 141 cm³/mol. The fraction of sp³-hybridized carbons (Fsp3) is 0.931. The number of rotatable bonds is 26. The smallest absolute Gasteiger partial charge is 0.308 e. The van der Waals surface area contributed by atoms with Crippen LogP contribution in [0.1, 0.15) is 155 Å². The summed E-state index contributed by atoms with van der Waals surface area (Å²) in [7, 11) is 0. The van der Waals surface area contributed by atoms with Gasteiger partial charge < -0.3 is 14.6 Å². The van der Waals surface area contributed by atoms with E-state index in [1.807, 2.05) is 0 Å². The van der Waals surface area contributed by atoms with Crippen LogP contribution in [0.15, 0.2) is 0 Å². The monoisotopic (exact) mass is 484 g/mol.